The molecule has 3 rings (SSSR count). The van der Waals surface area contributed by atoms with Crippen LogP contribution in [0.3, 0.4) is 0 Å². The van der Waals surface area contributed by atoms with Gasteiger partial charge in [-0.3, -0.25) is 0 Å². The van der Waals surface area contributed by atoms with Gasteiger partial charge in [-0.15, -0.1) is 0 Å². The van der Waals surface area contributed by atoms with Crippen molar-refractivity contribution in [1.82, 2.24) is 8.75 Å². The highest BCUT2D eigenvalue weighted by atomic mass is 32.2. The first-order chi connectivity index (χ1) is 8.69. The van der Waals surface area contributed by atoms with Gasteiger partial charge in [-0.05, 0) is 24.3 Å². The summed E-state index contributed by atoms with van der Waals surface area (Å²) in [6.07, 6.45) is 0. The molecule has 0 atom stereocenters. The van der Waals surface area contributed by atoms with Crippen molar-refractivity contribution in [3.05, 3.63) is 48.5 Å². The van der Waals surface area contributed by atoms with Gasteiger partial charge in [0.1, 0.15) is 15.9 Å². The number of sulfone groups is 1. The third-order valence-corrected chi connectivity index (χ3v) is 4.94. The van der Waals surface area contributed by atoms with E-state index in [1.807, 2.05) is 0 Å². The molecule has 90 valence electrons. The van der Waals surface area contributed by atoms with Gasteiger partial charge in [-0.2, -0.15) is 8.75 Å². The fraction of sp³-hybridized carbons (Fsp3) is 0. The molecule has 0 aliphatic carbocycles. The predicted molar refractivity (Wildman–Crippen MR) is 69.3 cm³/mol. The van der Waals surface area contributed by atoms with Crippen molar-refractivity contribution in [2.75, 3.05) is 0 Å². The van der Waals surface area contributed by atoms with E-state index < -0.39 is 9.84 Å². The van der Waals surface area contributed by atoms with Crippen LogP contribution >= 0.6 is 11.7 Å². The summed E-state index contributed by atoms with van der Waals surface area (Å²) in [6.45, 7) is 0. The van der Waals surface area contributed by atoms with Crippen molar-refractivity contribution in [2.24, 2.45) is 0 Å². The largest absolute Gasteiger partial charge is 0.218 e. The first kappa shape index (κ1) is 11.3. The van der Waals surface area contributed by atoms with Crippen LogP contribution in [0.5, 0.6) is 0 Å². The number of nitrogens with zero attached hydrogens (tertiary/aromatic N) is 2. The number of hydrogen-bond donors (Lipinski definition) is 0. The van der Waals surface area contributed by atoms with E-state index in [4.69, 9.17) is 0 Å². The molecule has 4 nitrogen and oxygen atoms in total. The highest BCUT2D eigenvalue weighted by Gasteiger charge is 2.21. The number of aromatic nitrogens is 2. The Morgan fingerprint density at radius 3 is 2.44 bits per heavy atom. The number of hydrogen-bond acceptors (Lipinski definition) is 5. The van der Waals surface area contributed by atoms with Gasteiger partial charge in [-0.25, -0.2) is 8.42 Å². The summed E-state index contributed by atoms with van der Waals surface area (Å²) in [5.74, 6) is 0. The number of fused-ring (bicyclic) bond motifs is 1. The van der Waals surface area contributed by atoms with E-state index in [1.165, 1.54) is 0 Å². The molecular formula is C12H8N2O2S2. The zero-order valence-electron chi connectivity index (χ0n) is 9.15. The van der Waals surface area contributed by atoms with E-state index in [9.17, 15) is 8.42 Å². The molecule has 0 saturated carbocycles. The Bertz CT molecular complexity index is 795. The summed E-state index contributed by atoms with van der Waals surface area (Å²) >= 11 is 1.01. The molecule has 0 spiro atoms. The van der Waals surface area contributed by atoms with E-state index in [1.54, 1.807) is 48.5 Å². The summed E-state index contributed by atoms with van der Waals surface area (Å²) in [7, 11) is -3.53. The molecule has 0 amide bonds. The van der Waals surface area contributed by atoms with E-state index >= 15 is 0 Å². The maximum atomic E-state index is 12.5. The molecule has 2 aromatic carbocycles. The topological polar surface area (TPSA) is 59.9 Å². The number of benzene rings is 2. The second kappa shape index (κ2) is 4.15. The molecule has 0 N–H and O–H groups in total. The molecule has 0 bridgehead atoms. The summed E-state index contributed by atoms with van der Waals surface area (Å²) in [4.78, 5) is 0.477. The Kier molecular flexibility index (Phi) is 2.61. The van der Waals surface area contributed by atoms with Crippen LogP contribution in [0.2, 0.25) is 0 Å². The van der Waals surface area contributed by atoms with Crippen LogP contribution in [0.15, 0.2) is 58.3 Å². The van der Waals surface area contributed by atoms with Gasteiger partial charge >= 0.3 is 0 Å². The zero-order valence-corrected chi connectivity index (χ0v) is 10.8. The smallest absolute Gasteiger partial charge is 0.208 e. The van der Waals surface area contributed by atoms with Gasteiger partial charge < -0.3 is 0 Å². The Morgan fingerprint density at radius 2 is 1.67 bits per heavy atom. The van der Waals surface area contributed by atoms with Crippen LogP contribution in [0.4, 0.5) is 0 Å². The quantitative estimate of drug-likeness (QED) is 0.721. The summed E-state index contributed by atoms with van der Waals surface area (Å²) in [5, 5.41) is 0. The fourth-order valence-corrected chi connectivity index (χ4v) is 3.76. The molecule has 0 fully saturated rings. The molecule has 1 aromatic heterocycles. The highest BCUT2D eigenvalue weighted by molar-refractivity contribution is 7.91. The Morgan fingerprint density at radius 1 is 0.889 bits per heavy atom. The minimum Gasteiger partial charge on any atom is -0.218 e. The van der Waals surface area contributed by atoms with Crippen LogP contribution in [0.25, 0.3) is 11.0 Å². The molecule has 3 aromatic rings. The fourth-order valence-electron chi connectivity index (χ4n) is 1.72. The number of rotatable bonds is 2. The van der Waals surface area contributed by atoms with E-state index in [0.29, 0.717) is 11.0 Å². The van der Waals surface area contributed by atoms with Crippen molar-refractivity contribution in [3.8, 4) is 0 Å². The normalized spacial score (nSPS) is 11.8. The van der Waals surface area contributed by atoms with E-state index in [0.717, 1.165) is 11.7 Å². The van der Waals surface area contributed by atoms with Gasteiger partial charge in [0.2, 0.25) is 9.84 Å². The monoisotopic (exact) mass is 276 g/mol. The van der Waals surface area contributed by atoms with Crippen LogP contribution in [0, 0.1) is 0 Å². The zero-order chi connectivity index (χ0) is 12.6. The second-order valence-electron chi connectivity index (χ2n) is 3.70. The molecule has 0 unspecified atom stereocenters. The van der Waals surface area contributed by atoms with Crippen LogP contribution in [0.1, 0.15) is 0 Å². The van der Waals surface area contributed by atoms with Crippen LogP contribution in [-0.4, -0.2) is 17.2 Å². The lowest BCUT2D eigenvalue weighted by Crippen LogP contribution is -2.02. The second-order valence-corrected chi connectivity index (χ2v) is 6.15. The Hall–Kier alpha value is -1.79. The SMILES string of the molecule is O=S(=O)(c1ccccc1)c1cccc2nsnc12. The maximum Gasteiger partial charge on any atom is 0.208 e. The molecule has 0 aliphatic heterocycles. The molecular weight excluding hydrogens is 268 g/mol. The lowest BCUT2D eigenvalue weighted by atomic mass is 10.3. The molecule has 0 aliphatic rings. The first-order valence-corrected chi connectivity index (χ1v) is 7.42. The maximum absolute atomic E-state index is 12.5. The lowest BCUT2D eigenvalue weighted by molar-refractivity contribution is 0.597. The van der Waals surface area contributed by atoms with Crippen molar-refractivity contribution in [3.63, 3.8) is 0 Å². The average molecular weight is 276 g/mol. The minimum absolute atomic E-state index is 0.208. The molecule has 0 radical (unpaired) electrons. The third kappa shape index (κ3) is 1.70. The third-order valence-electron chi connectivity index (χ3n) is 2.59. The van der Waals surface area contributed by atoms with Crippen LogP contribution < -0.4 is 0 Å². The summed E-state index contributed by atoms with van der Waals surface area (Å²) in [5.41, 5.74) is 1.04. The average Bonchev–Trinajstić information content (AvgIpc) is 2.87. The molecule has 18 heavy (non-hydrogen) atoms. The van der Waals surface area contributed by atoms with Crippen LogP contribution in [-0.2, 0) is 9.84 Å². The van der Waals surface area contributed by atoms with Crippen molar-refractivity contribution < 1.29 is 8.42 Å². The van der Waals surface area contributed by atoms with Gasteiger partial charge in [0, 0.05) is 0 Å². The van der Waals surface area contributed by atoms with Gasteiger partial charge in [0.05, 0.1) is 16.6 Å². The van der Waals surface area contributed by atoms with Crippen molar-refractivity contribution >= 4 is 32.6 Å². The van der Waals surface area contributed by atoms with Gasteiger partial charge in [-0.1, -0.05) is 24.3 Å². The standard InChI is InChI=1S/C12H8N2O2S2/c15-18(16,9-5-2-1-3-6-9)11-8-4-7-10-12(11)14-17-13-10/h1-8H. The minimum atomic E-state index is -3.53. The van der Waals surface area contributed by atoms with Crippen molar-refractivity contribution in [2.45, 2.75) is 9.79 Å². The molecule has 0 saturated heterocycles. The molecule has 1 heterocycles. The highest BCUT2D eigenvalue weighted by Crippen LogP contribution is 2.26. The summed E-state index contributed by atoms with van der Waals surface area (Å²) in [6, 6.07) is 13.3. The van der Waals surface area contributed by atoms with E-state index in [2.05, 4.69) is 8.75 Å². The van der Waals surface area contributed by atoms with Gasteiger partial charge in [0.15, 0.2) is 0 Å². The Labute approximate surface area is 108 Å². The lowest BCUT2D eigenvalue weighted by Gasteiger charge is -2.04. The Balaban J connectivity index is 2.30. The van der Waals surface area contributed by atoms with E-state index in [-0.39, 0.29) is 9.79 Å². The predicted octanol–water partition coefficient (Wildman–Crippen LogP) is 2.52. The first-order valence-electron chi connectivity index (χ1n) is 5.21. The van der Waals surface area contributed by atoms with Crippen molar-refractivity contribution in [1.29, 1.82) is 0 Å². The van der Waals surface area contributed by atoms with Gasteiger partial charge in [0.25, 0.3) is 0 Å². The summed E-state index contributed by atoms with van der Waals surface area (Å²) < 4.78 is 33.1. The molecule has 6 heteroatoms.